The average Bonchev–Trinajstić information content (AvgIpc) is 2.28. The van der Waals surface area contributed by atoms with Crippen LogP contribution in [0.3, 0.4) is 0 Å². The van der Waals surface area contributed by atoms with E-state index in [9.17, 15) is 8.42 Å². The molecule has 0 spiro atoms. The second-order valence-corrected chi connectivity index (χ2v) is 7.21. The summed E-state index contributed by atoms with van der Waals surface area (Å²) < 4.78 is 32.0. The van der Waals surface area contributed by atoms with Crippen LogP contribution in [0.1, 0.15) is 26.2 Å². The minimum atomic E-state index is -3.28. The van der Waals surface area contributed by atoms with Gasteiger partial charge in [0.25, 0.3) is 0 Å². The summed E-state index contributed by atoms with van der Waals surface area (Å²) in [5.74, 6) is 1.08. The Morgan fingerprint density at radius 3 is 2.55 bits per heavy atom. The number of nitrogen functional groups attached to an aromatic ring is 1. The summed E-state index contributed by atoms with van der Waals surface area (Å²) >= 11 is 0. The second kappa shape index (κ2) is 6.45. The molecule has 1 aromatic carbocycles. The van der Waals surface area contributed by atoms with E-state index in [0.29, 0.717) is 17.4 Å². The van der Waals surface area contributed by atoms with Gasteiger partial charge in [0.05, 0.1) is 5.75 Å². The van der Waals surface area contributed by atoms with Crippen molar-refractivity contribution in [3.63, 3.8) is 0 Å². The molecule has 20 heavy (non-hydrogen) atoms. The normalized spacial score (nSPS) is 17.4. The van der Waals surface area contributed by atoms with E-state index in [0.717, 1.165) is 12.8 Å². The van der Waals surface area contributed by atoms with Crippen LogP contribution in [0.4, 0.5) is 5.69 Å². The molecule has 1 unspecified atom stereocenters. The van der Waals surface area contributed by atoms with Crippen molar-refractivity contribution in [1.82, 2.24) is 4.72 Å². The van der Waals surface area contributed by atoms with E-state index < -0.39 is 10.0 Å². The van der Waals surface area contributed by atoms with Crippen LogP contribution in [0.2, 0.25) is 0 Å². The molecule has 1 aromatic rings. The van der Waals surface area contributed by atoms with Crippen molar-refractivity contribution in [2.45, 2.75) is 32.2 Å². The van der Waals surface area contributed by atoms with Crippen LogP contribution < -0.4 is 15.2 Å². The maximum atomic E-state index is 11.9. The number of sulfonamides is 1. The molecule has 0 aliphatic heterocycles. The zero-order valence-corrected chi connectivity index (χ0v) is 12.5. The average molecular weight is 298 g/mol. The van der Waals surface area contributed by atoms with Gasteiger partial charge in [-0.05, 0) is 49.9 Å². The van der Waals surface area contributed by atoms with Crippen LogP contribution in [0, 0.1) is 5.92 Å². The lowest BCUT2D eigenvalue weighted by molar-refractivity contribution is 0.260. The number of rotatable bonds is 7. The lowest BCUT2D eigenvalue weighted by atomic mass is 9.81. The Labute approximate surface area is 120 Å². The molecule has 1 aliphatic rings. The van der Waals surface area contributed by atoms with Crippen molar-refractivity contribution in [2.24, 2.45) is 5.92 Å². The van der Waals surface area contributed by atoms with E-state index in [-0.39, 0.29) is 18.4 Å². The summed E-state index contributed by atoms with van der Waals surface area (Å²) in [4.78, 5) is 0. The predicted molar refractivity (Wildman–Crippen MR) is 80.1 cm³/mol. The second-order valence-electron chi connectivity index (χ2n) is 5.33. The van der Waals surface area contributed by atoms with Gasteiger partial charge in [0.1, 0.15) is 12.4 Å². The van der Waals surface area contributed by atoms with Gasteiger partial charge in [-0.1, -0.05) is 6.42 Å². The Morgan fingerprint density at radius 1 is 1.35 bits per heavy atom. The first-order valence-electron chi connectivity index (χ1n) is 6.94. The van der Waals surface area contributed by atoms with E-state index in [1.165, 1.54) is 6.42 Å². The highest BCUT2D eigenvalue weighted by molar-refractivity contribution is 7.89. The number of ether oxygens (including phenoxy) is 1. The molecule has 0 saturated heterocycles. The van der Waals surface area contributed by atoms with Crippen molar-refractivity contribution in [2.75, 3.05) is 18.1 Å². The molecular weight excluding hydrogens is 276 g/mol. The molecule has 2 rings (SSSR count). The van der Waals surface area contributed by atoms with E-state index in [1.54, 1.807) is 24.3 Å². The maximum absolute atomic E-state index is 11.9. The molecule has 3 N–H and O–H groups in total. The third-order valence-electron chi connectivity index (χ3n) is 3.72. The number of hydrogen-bond donors (Lipinski definition) is 2. The van der Waals surface area contributed by atoms with Crippen LogP contribution in [0.15, 0.2) is 24.3 Å². The minimum absolute atomic E-state index is 0.0188. The van der Waals surface area contributed by atoms with E-state index in [1.807, 2.05) is 6.92 Å². The fourth-order valence-corrected chi connectivity index (χ4v) is 3.39. The molecule has 0 radical (unpaired) electrons. The topological polar surface area (TPSA) is 81.4 Å². The first-order valence-corrected chi connectivity index (χ1v) is 8.60. The molecular formula is C14H22N2O3S. The van der Waals surface area contributed by atoms with Gasteiger partial charge in [-0.2, -0.15) is 0 Å². The van der Waals surface area contributed by atoms with Crippen molar-refractivity contribution in [1.29, 1.82) is 0 Å². The number of nitrogens with one attached hydrogen (secondary N) is 1. The number of benzene rings is 1. The van der Waals surface area contributed by atoms with Gasteiger partial charge < -0.3 is 10.5 Å². The van der Waals surface area contributed by atoms with Gasteiger partial charge in [-0.25, -0.2) is 13.1 Å². The number of hydrogen-bond acceptors (Lipinski definition) is 4. The van der Waals surface area contributed by atoms with Crippen molar-refractivity contribution in [3.8, 4) is 5.75 Å². The molecule has 5 nitrogen and oxygen atoms in total. The standard InChI is InChI=1S/C14H22N2O3S/c1-11(12-3-2-4-12)16-20(17,18)10-9-19-14-7-5-13(15)6-8-14/h5-8,11-12,16H,2-4,9-10,15H2,1H3. The summed E-state index contributed by atoms with van der Waals surface area (Å²) in [5, 5.41) is 0. The Bertz CT molecular complexity index is 524. The largest absolute Gasteiger partial charge is 0.492 e. The smallest absolute Gasteiger partial charge is 0.215 e. The quantitative estimate of drug-likeness (QED) is 0.752. The van der Waals surface area contributed by atoms with Gasteiger partial charge in [-0.15, -0.1) is 0 Å². The van der Waals surface area contributed by atoms with Gasteiger partial charge in [0.15, 0.2) is 0 Å². The van der Waals surface area contributed by atoms with Crippen LogP contribution >= 0.6 is 0 Å². The summed E-state index contributed by atoms with van der Waals surface area (Å²) in [6, 6.07) is 6.92. The molecule has 1 fully saturated rings. The first kappa shape index (κ1) is 15.1. The fraction of sp³-hybridized carbons (Fsp3) is 0.571. The zero-order valence-electron chi connectivity index (χ0n) is 11.7. The van der Waals surface area contributed by atoms with Gasteiger partial charge >= 0.3 is 0 Å². The Balaban J connectivity index is 1.75. The highest BCUT2D eigenvalue weighted by atomic mass is 32.2. The van der Waals surface area contributed by atoms with Crippen LogP contribution in [-0.2, 0) is 10.0 Å². The highest BCUT2D eigenvalue weighted by Gasteiger charge is 2.26. The van der Waals surface area contributed by atoms with Crippen LogP contribution in [0.5, 0.6) is 5.75 Å². The number of nitrogens with two attached hydrogens (primary N) is 1. The van der Waals surface area contributed by atoms with Gasteiger partial charge in [0.2, 0.25) is 10.0 Å². The Hall–Kier alpha value is -1.27. The van der Waals surface area contributed by atoms with Crippen LogP contribution in [0.25, 0.3) is 0 Å². The zero-order chi connectivity index (χ0) is 14.6. The number of anilines is 1. The lowest BCUT2D eigenvalue weighted by Crippen LogP contribution is -2.42. The molecule has 0 heterocycles. The van der Waals surface area contributed by atoms with Gasteiger partial charge in [-0.3, -0.25) is 0 Å². The Kier molecular flexibility index (Phi) is 4.88. The highest BCUT2D eigenvalue weighted by Crippen LogP contribution is 2.29. The summed E-state index contributed by atoms with van der Waals surface area (Å²) in [6.07, 6.45) is 3.44. The van der Waals surface area contributed by atoms with Crippen molar-refractivity contribution in [3.05, 3.63) is 24.3 Å². The van der Waals surface area contributed by atoms with Crippen molar-refractivity contribution < 1.29 is 13.2 Å². The summed E-state index contributed by atoms with van der Waals surface area (Å²) in [7, 11) is -3.28. The molecule has 1 aliphatic carbocycles. The summed E-state index contributed by atoms with van der Waals surface area (Å²) in [6.45, 7) is 2.07. The monoisotopic (exact) mass is 298 g/mol. The molecule has 6 heteroatoms. The molecule has 0 aromatic heterocycles. The van der Waals surface area contributed by atoms with E-state index >= 15 is 0 Å². The SMILES string of the molecule is CC(NS(=O)(=O)CCOc1ccc(N)cc1)C1CCC1. The van der Waals surface area contributed by atoms with E-state index in [4.69, 9.17) is 10.5 Å². The molecule has 1 atom stereocenters. The predicted octanol–water partition coefficient (Wildman–Crippen LogP) is 1.76. The third-order valence-corrected chi connectivity index (χ3v) is 5.16. The Morgan fingerprint density at radius 2 is 2.00 bits per heavy atom. The third kappa shape index (κ3) is 4.38. The summed E-state index contributed by atoms with van der Waals surface area (Å²) in [5.41, 5.74) is 6.22. The maximum Gasteiger partial charge on any atom is 0.215 e. The fourth-order valence-electron chi connectivity index (χ4n) is 2.21. The van der Waals surface area contributed by atoms with Crippen LogP contribution in [-0.4, -0.2) is 26.8 Å². The molecule has 112 valence electrons. The minimum Gasteiger partial charge on any atom is -0.492 e. The molecule has 0 bridgehead atoms. The molecule has 0 amide bonds. The van der Waals surface area contributed by atoms with Gasteiger partial charge in [0, 0.05) is 11.7 Å². The van der Waals surface area contributed by atoms with Crippen molar-refractivity contribution >= 4 is 15.7 Å². The lowest BCUT2D eigenvalue weighted by Gasteiger charge is -2.31. The first-order chi connectivity index (χ1) is 9.46. The molecule has 1 saturated carbocycles. The van der Waals surface area contributed by atoms with E-state index in [2.05, 4.69) is 4.72 Å².